The Morgan fingerprint density at radius 1 is 0.848 bits per heavy atom. The van der Waals surface area contributed by atoms with Gasteiger partial charge in [0.1, 0.15) is 0 Å². The molecule has 0 amide bonds. The Morgan fingerprint density at radius 2 is 1.58 bits per heavy atom. The Hall–Kier alpha value is -2.91. The van der Waals surface area contributed by atoms with Crippen molar-refractivity contribution in [2.24, 2.45) is 0 Å². The van der Waals surface area contributed by atoms with Crippen molar-refractivity contribution in [2.75, 3.05) is 32.9 Å². The lowest BCUT2D eigenvalue weighted by atomic mass is 10.1. The van der Waals surface area contributed by atoms with Crippen LogP contribution in [0.3, 0.4) is 0 Å². The highest BCUT2D eigenvalue weighted by molar-refractivity contribution is 7.89. The van der Waals surface area contributed by atoms with Crippen LogP contribution in [0.2, 0.25) is 0 Å². The van der Waals surface area contributed by atoms with Crippen molar-refractivity contribution in [1.29, 1.82) is 0 Å². The van der Waals surface area contributed by atoms with Gasteiger partial charge in [0.15, 0.2) is 23.9 Å². The van der Waals surface area contributed by atoms with Gasteiger partial charge in [-0.2, -0.15) is 4.31 Å². The number of rotatable bonds is 6. The van der Waals surface area contributed by atoms with Crippen molar-refractivity contribution >= 4 is 21.8 Å². The van der Waals surface area contributed by atoms with Crippen molar-refractivity contribution in [3.63, 3.8) is 0 Å². The summed E-state index contributed by atoms with van der Waals surface area (Å²) >= 11 is 0. The Morgan fingerprint density at radius 3 is 2.33 bits per heavy atom. The van der Waals surface area contributed by atoms with Crippen LogP contribution in [-0.2, 0) is 14.8 Å². The average molecular weight is 474 g/mol. The number of esters is 1. The number of benzene rings is 2. The van der Waals surface area contributed by atoms with Gasteiger partial charge in [-0.05, 0) is 49.2 Å². The number of carbonyl (C=O) groups excluding carboxylic acids is 2. The maximum Gasteiger partial charge on any atom is 0.338 e. The van der Waals surface area contributed by atoms with Crippen molar-refractivity contribution < 1.29 is 32.2 Å². The highest BCUT2D eigenvalue weighted by Gasteiger charge is 2.26. The average Bonchev–Trinajstić information content (AvgIpc) is 3.25. The van der Waals surface area contributed by atoms with Gasteiger partial charge in [-0.15, -0.1) is 0 Å². The van der Waals surface area contributed by atoms with E-state index in [2.05, 4.69) is 0 Å². The monoisotopic (exact) mass is 473 g/mol. The van der Waals surface area contributed by atoms with E-state index < -0.39 is 28.4 Å². The first kappa shape index (κ1) is 23.3. The minimum atomic E-state index is -3.69. The van der Waals surface area contributed by atoms with E-state index in [-0.39, 0.29) is 10.5 Å². The zero-order chi connectivity index (χ0) is 23.3. The number of ether oxygens (including phenoxy) is 3. The molecule has 0 radical (unpaired) electrons. The van der Waals surface area contributed by atoms with Crippen molar-refractivity contribution in [1.82, 2.24) is 4.31 Å². The van der Waals surface area contributed by atoms with E-state index in [1.807, 2.05) is 0 Å². The quantitative estimate of drug-likeness (QED) is 0.468. The van der Waals surface area contributed by atoms with Crippen molar-refractivity contribution in [3.05, 3.63) is 53.6 Å². The predicted molar refractivity (Wildman–Crippen MR) is 120 cm³/mol. The molecule has 1 fully saturated rings. The predicted octanol–water partition coefficient (Wildman–Crippen LogP) is 3.45. The van der Waals surface area contributed by atoms with Crippen LogP contribution in [0.5, 0.6) is 11.5 Å². The summed E-state index contributed by atoms with van der Waals surface area (Å²) < 4.78 is 43.8. The molecule has 2 heterocycles. The zero-order valence-electron chi connectivity index (χ0n) is 18.3. The van der Waals surface area contributed by atoms with Gasteiger partial charge in [0, 0.05) is 25.1 Å². The molecule has 0 spiro atoms. The fourth-order valence-corrected chi connectivity index (χ4v) is 5.41. The molecule has 9 heteroatoms. The molecule has 176 valence electrons. The Labute approximate surface area is 193 Å². The van der Waals surface area contributed by atoms with E-state index >= 15 is 0 Å². The van der Waals surface area contributed by atoms with Crippen LogP contribution in [0.4, 0.5) is 0 Å². The standard InChI is InChI=1S/C24H27NO7S/c26-21(18-9-10-22-23(16-18)31-14-6-13-30-22)17-32-24(27)19-7-5-8-20(15-19)33(28,29)25-11-3-1-2-4-12-25/h5,7-10,15-16H,1-4,6,11-14,17H2. The first-order valence-corrected chi connectivity index (χ1v) is 12.6. The van der Waals surface area contributed by atoms with Gasteiger partial charge in [-0.25, -0.2) is 13.2 Å². The third-order valence-electron chi connectivity index (χ3n) is 5.68. The van der Waals surface area contributed by atoms with Crippen LogP contribution in [0, 0.1) is 0 Å². The SMILES string of the molecule is O=C(COC(=O)c1cccc(S(=O)(=O)N2CCCCCC2)c1)c1ccc2c(c1)OCCCO2. The van der Waals surface area contributed by atoms with E-state index in [1.165, 1.54) is 28.6 Å². The lowest BCUT2D eigenvalue weighted by molar-refractivity contribution is 0.0474. The molecule has 0 aliphatic carbocycles. The summed E-state index contributed by atoms with van der Waals surface area (Å²) in [6.07, 6.45) is 4.42. The Kier molecular flexibility index (Phi) is 7.29. The molecule has 1 saturated heterocycles. The minimum absolute atomic E-state index is 0.0491. The van der Waals surface area contributed by atoms with E-state index in [9.17, 15) is 18.0 Å². The van der Waals surface area contributed by atoms with Crippen LogP contribution >= 0.6 is 0 Å². The molecule has 0 atom stereocenters. The van der Waals surface area contributed by atoms with Crippen LogP contribution in [0.25, 0.3) is 0 Å². The van der Waals surface area contributed by atoms with Crippen LogP contribution in [0.15, 0.2) is 47.4 Å². The third kappa shape index (κ3) is 5.54. The summed E-state index contributed by atoms with van der Waals surface area (Å²) in [7, 11) is -3.69. The lowest BCUT2D eigenvalue weighted by Gasteiger charge is -2.20. The first-order valence-electron chi connectivity index (χ1n) is 11.2. The van der Waals surface area contributed by atoms with E-state index in [0.29, 0.717) is 43.4 Å². The summed E-state index contributed by atoms with van der Waals surface area (Å²) in [5.74, 6) is -0.0995. The number of hydrogen-bond donors (Lipinski definition) is 0. The Balaban J connectivity index is 1.42. The number of ketones is 1. The maximum atomic E-state index is 13.0. The summed E-state index contributed by atoms with van der Waals surface area (Å²) in [4.78, 5) is 25.1. The fraction of sp³-hybridized carbons (Fsp3) is 0.417. The molecule has 2 aromatic rings. The number of nitrogens with zero attached hydrogens (tertiary/aromatic N) is 1. The van der Waals surface area contributed by atoms with Crippen LogP contribution < -0.4 is 9.47 Å². The fourth-order valence-electron chi connectivity index (χ4n) is 3.85. The smallest absolute Gasteiger partial charge is 0.338 e. The van der Waals surface area contributed by atoms with Crippen LogP contribution in [-0.4, -0.2) is 57.4 Å². The molecule has 33 heavy (non-hydrogen) atoms. The number of hydrogen-bond acceptors (Lipinski definition) is 7. The molecule has 0 unspecified atom stereocenters. The summed E-state index contributed by atoms with van der Waals surface area (Å²) in [5, 5.41) is 0. The molecular formula is C24H27NO7S. The Bertz CT molecular complexity index is 1120. The summed E-state index contributed by atoms with van der Waals surface area (Å²) in [6.45, 7) is 1.52. The zero-order valence-corrected chi connectivity index (χ0v) is 19.1. The van der Waals surface area contributed by atoms with Gasteiger partial charge in [0.2, 0.25) is 10.0 Å². The van der Waals surface area contributed by atoms with Crippen molar-refractivity contribution in [2.45, 2.75) is 37.0 Å². The maximum absolute atomic E-state index is 13.0. The summed E-state index contributed by atoms with van der Waals surface area (Å²) in [6, 6.07) is 10.6. The molecule has 2 aliphatic heterocycles. The number of carbonyl (C=O) groups is 2. The van der Waals surface area contributed by atoms with Gasteiger partial charge in [-0.1, -0.05) is 18.9 Å². The number of sulfonamides is 1. The second kappa shape index (κ2) is 10.4. The van der Waals surface area contributed by atoms with E-state index in [1.54, 1.807) is 18.2 Å². The highest BCUT2D eigenvalue weighted by Crippen LogP contribution is 2.30. The summed E-state index contributed by atoms with van der Waals surface area (Å²) in [5.41, 5.74) is 0.418. The molecular weight excluding hydrogens is 446 g/mol. The molecule has 0 saturated carbocycles. The molecule has 2 aliphatic rings. The van der Waals surface area contributed by atoms with Crippen molar-refractivity contribution in [3.8, 4) is 11.5 Å². The first-order chi connectivity index (χ1) is 15.9. The number of Topliss-reactive ketones (excluding diaryl/α,β-unsaturated/α-hetero) is 1. The van der Waals surface area contributed by atoms with E-state index in [0.717, 1.165) is 32.1 Å². The van der Waals surface area contributed by atoms with E-state index in [4.69, 9.17) is 14.2 Å². The van der Waals surface area contributed by atoms with Crippen LogP contribution in [0.1, 0.15) is 52.8 Å². The lowest BCUT2D eigenvalue weighted by Crippen LogP contribution is -2.32. The molecule has 0 bridgehead atoms. The van der Waals surface area contributed by atoms with Gasteiger partial charge < -0.3 is 14.2 Å². The highest BCUT2D eigenvalue weighted by atomic mass is 32.2. The normalized spacial score (nSPS) is 17.0. The second-order valence-electron chi connectivity index (χ2n) is 8.06. The molecule has 2 aromatic carbocycles. The number of fused-ring (bicyclic) bond motifs is 1. The second-order valence-corrected chi connectivity index (χ2v) is 10.00. The van der Waals surface area contributed by atoms with Gasteiger partial charge in [-0.3, -0.25) is 4.79 Å². The minimum Gasteiger partial charge on any atom is -0.490 e. The molecule has 0 aromatic heterocycles. The topological polar surface area (TPSA) is 99.2 Å². The van der Waals surface area contributed by atoms with Gasteiger partial charge in [0.25, 0.3) is 0 Å². The van der Waals surface area contributed by atoms with Gasteiger partial charge >= 0.3 is 5.97 Å². The molecule has 8 nitrogen and oxygen atoms in total. The third-order valence-corrected chi connectivity index (χ3v) is 7.57. The van der Waals surface area contributed by atoms with Gasteiger partial charge in [0.05, 0.1) is 23.7 Å². The molecule has 4 rings (SSSR count). The largest absolute Gasteiger partial charge is 0.490 e. The molecule has 0 N–H and O–H groups in total.